The molecule has 0 saturated heterocycles. The van der Waals surface area contributed by atoms with Gasteiger partial charge in [-0.1, -0.05) is 13.0 Å². The topological polar surface area (TPSA) is 33.1 Å². The van der Waals surface area contributed by atoms with Crippen molar-refractivity contribution < 1.29 is 5.11 Å². The molecule has 0 unspecified atom stereocenters. The van der Waals surface area contributed by atoms with Gasteiger partial charge in [-0.05, 0) is 24.5 Å². The second-order valence-corrected chi connectivity index (χ2v) is 2.81. The minimum Gasteiger partial charge on any atom is -0.396 e. The highest BCUT2D eigenvalue weighted by Crippen LogP contribution is 2.03. The summed E-state index contributed by atoms with van der Waals surface area (Å²) in [7, 11) is 0. The van der Waals surface area contributed by atoms with Crippen molar-refractivity contribution in [3.63, 3.8) is 0 Å². The van der Waals surface area contributed by atoms with Crippen LogP contribution < -0.4 is 0 Å². The molecule has 0 aliphatic rings. The fraction of sp³-hybridized carbons (Fsp3) is 0.444. The molecular weight excluding hydrogens is 138 g/mol. The van der Waals surface area contributed by atoms with Crippen molar-refractivity contribution in [3.8, 4) is 0 Å². The van der Waals surface area contributed by atoms with Gasteiger partial charge in [0.15, 0.2) is 0 Å². The lowest BCUT2D eigenvalue weighted by molar-refractivity contribution is 0.236. The summed E-state index contributed by atoms with van der Waals surface area (Å²) in [6, 6.07) is 5.84. The van der Waals surface area contributed by atoms with Gasteiger partial charge < -0.3 is 5.11 Å². The number of nitrogens with zero attached hydrogens (tertiary/aromatic N) is 1. The SMILES string of the molecule is C[C@H](CO)Cc1ccccn1. The van der Waals surface area contributed by atoms with Gasteiger partial charge in [-0.15, -0.1) is 0 Å². The molecule has 0 radical (unpaired) electrons. The van der Waals surface area contributed by atoms with Crippen LogP contribution in [0.1, 0.15) is 12.6 Å². The number of aromatic nitrogens is 1. The molecular formula is C9H13NO. The molecule has 0 aliphatic heterocycles. The maximum absolute atomic E-state index is 8.77. The Labute approximate surface area is 66.9 Å². The van der Waals surface area contributed by atoms with Gasteiger partial charge in [0.2, 0.25) is 0 Å². The highest BCUT2D eigenvalue weighted by Gasteiger charge is 2.00. The molecule has 1 atom stereocenters. The van der Waals surface area contributed by atoms with E-state index in [9.17, 15) is 0 Å². The average molecular weight is 151 g/mol. The monoisotopic (exact) mass is 151 g/mol. The second-order valence-electron chi connectivity index (χ2n) is 2.81. The van der Waals surface area contributed by atoms with E-state index in [4.69, 9.17) is 5.11 Å². The standard InChI is InChI=1S/C9H13NO/c1-8(7-11)6-9-4-2-3-5-10-9/h2-5,8,11H,6-7H2,1H3/t8-/m0/s1. The molecule has 0 saturated carbocycles. The lowest BCUT2D eigenvalue weighted by Crippen LogP contribution is -2.05. The Morgan fingerprint density at radius 2 is 2.36 bits per heavy atom. The molecule has 11 heavy (non-hydrogen) atoms. The van der Waals surface area contributed by atoms with Crippen molar-refractivity contribution in [2.45, 2.75) is 13.3 Å². The van der Waals surface area contributed by atoms with E-state index in [0.717, 1.165) is 12.1 Å². The highest BCUT2D eigenvalue weighted by atomic mass is 16.3. The van der Waals surface area contributed by atoms with Crippen LogP contribution in [-0.4, -0.2) is 16.7 Å². The summed E-state index contributed by atoms with van der Waals surface area (Å²) in [5, 5.41) is 8.77. The number of aliphatic hydroxyl groups is 1. The molecule has 1 aromatic rings. The van der Waals surface area contributed by atoms with Crippen LogP contribution in [0.5, 0.6) is 0 Å². The molecule has 1 rings (SSSR count). The van der Waals surface area contributed by atoms with Crippen LogP contribution in [0, 0.1) is 5.92 Å². The normalized spacial score (nSPS) is 12.9. The highest BCUT2D eigenvalue weighted by molar-refractivity contribution is 5.03. The van der Waals surface area contributed by atoms with Gasteiger partial charge >= 0.3 is 0 Å². The van der Waals surface area contributed by atoms with Crippen LogP contribution in [0.3, 0.4) is 0 Å². The van der Waals surface area contributed by atoms with Crippen molar-refractivity contribution >= 4 is 0 Å². The summed E-state index contributed by atoms with van der Waals surface area (Å²) in [5.41, 5.74) is 1.05. The Morgan fingerprint density at radius 1 is 1.55 bits per heavy atom. The van der Waals surface area contributed by atoms with Crippen LogP contribution in [-0.2, 0) is 6.42 Å². The van der Waals surface area contributed by atoms with Crippen LogP contribution in [0.2, 0.25) is 0 Å². The summed E-state index contributed by atoms with van der Waals surface area (Å²) >= 11 is 0. The second kappa shape index (κ2) is 4.09. The molecule has 2 heteroatoms. The summed E-state index contributed by atoms with van der Waals surface area (Å²) in [4.78, 5) is 4.16. The van der Waals surface area contributed by atoms with Crippen molar-refractivity contribution in [2.75, 3.05) is 6.61 Å². The summed E-state index contributed by atoms with van der Waals surface area (Å²) in [6.07, 6.45) is 2.64. The Kier molecular flexibility index (Phi) is 3.05. The largest absolute Gasteiger partial charge is 0.396 e. The third-order valence-corrected chi connectivity index (χ3v) is 1.60. The van der Waals surface area contributed by atoms with E-state index in [1.165, 1.54) is 0 Å². The van der Waals surface area contributed by atoms with E-state index in [1.807, 2.05) is 25.1 Å². The lowest BCUT2D eigenvalue weighted by atomic mass is 10.1. The molecule has 0 aliphatic carbocycles. The number of hydrogen-bond donors (Lipinski definition) is 1. The summed E-state index contributed by atoms with van der Waals surface area (Å²) in [6.45, 7) is 2.24. The third-order valence-electron chi connectivity index (χ3n) is 1.60. The first-order valence-electron chi connectivity index (χ1n) is 3.83. The maximum atomic E-state index is 8.77. The molecule has 1 N–H and O–H groups in total. The summed E-state index contributed by atoms with van der Waals surface area (Å²) in [5.74, 6) is 0.310. The molecule has 0 amide bonds. The van der Waals surface area contributed by atoms with Gasteiger partial charge in [0.1, 0.15) is 0 Å². The molecule has 60 valence electrons. The molecule has 0 fully saturated rings. The van der Waals surface area contributed by atoms with Crippen molar-refractivity contribution in [1.82, 2.24) is 4.98 Å². The van der Waals surface area contributed by atoms with Crippen molar-refractivity contribution in [2.24, 2.45) is 5.92 Å². The van der Waals surface area contributed by atoms with Crippen molar-refractivity contribution in [3.05, 3.63) is 30.1 Å². The number of aliphatic hydroxyl groups excluding tert-OH is 1. The first kappa shape index (κ1) is 8.21. The van der Waals surface area contributed by atoms with Crippen LogP contribution in [0.4, 0.5) is 0 Å². The van der Waals surface area contributed by atoms with Crippen LogP contribution in [0.15, 0.2) is 24.4 Å². The fourth-order valence-corrected chi connectivity index (χ4v) is 0.940. The van der Waals surface area contributed by atoms with Gasteiger partial charge in [-0.3, -0.25) is 4.98 Å². The van der Waals surface area contributed by atoms with E-state index < -0.39 is 0 Å². The first-order chi connectivity index (χ1) is 5.33. The maximum Gasteiger partial charge on any atom is 0.0460 e. The third kappa shape index (κ3) is 2.68. The van der Waals surface area contributed by atoms with E-state index in [-0.39, 0.29) is 6.61 Å². The molecule has 2 nitrogen and oxygen atoms in total. The fourth-order valence-electron chi connectivity index (χ4n) is 0.940. The zero-order valence-corrected chi connectivity index (χ0v) is 6.70. The van der Waals surface area contributed by atoms with E-state index in [2.05, 4.69) is 4.98 Å². The molecule has 0 aromatic carbocycles. The zero-order valence-electron chi connectivity index (χ0n) is 6.70. The van der Waals surface area contributed by atoms with Gasteiger partial charge in [-0.25, -0.2) is 0 Å². The minimum absolute atomic E-state index is 0.233. The molecule has 1 heterocycles. The predicted octanol–water partition coefficient (Wildman–Crippen LogP) is 1.25. The quantitative estimate of drug-likeness (QED) is 0.705. The molecule has 0 spiro atoms. The Balaban J connectivity index is 2.51. The molecule has 0 bridgehead atoms. The Hall–Kier alpha value is -0.890. The number of rotatable bonds is 3. The number of pyridine rings is 1. The van der Waals surface area contributed by atoms with Gasteiger partial charge in [0.25, 0.3) is 0 Å². The van der Waals surface area contributed by atoms with Gasteiger partial charge in [-0.2, -0.15) is 0 Å². The Morgan fingerprint density at radius 3 is 2.91 bits per heavy atom. The van der Waals surface area contributed by atoms with Gasteiger partial charge in [0, 0.05) is 18.5 Å². The van der Waals surface area contributed by atoms with Crippen LogP contribution >= 0.6 is 0 Å². The lowest BCUT2D eigenvalue weighted by Gasteiger charge is -2.05. The van der Waals surface area contributed by atoms with E-state index >= 15 is 0 Å². The Bertz CT molecular complexity index is 198. The average Bonchev–Trinajstić information content (AvgIpc) is 2.06. The zero-order chi connectivity index (χ0) is 8.10. The van der Waals surface area contributed by atoms with Crippen LogP contribution in [0.25, 0.3) is 0 Å². The predicted molar refractivity (Wildman–Crippen MR) is 44.2 cm³/mol. The first-order valence-corrected chi connectivity index (χ1v) is 3.83. The van der Waals surface area contributed by atoms with E-state index in [1.54, 1.807) is 6.20 Å². The smallest absolute Gasteiger partial charge is 0.0460 e. The van der Waals surface area contributed by atoms with Crippen molar-refractivity contribution in [1.29, 1.82) is 0 Å². The summed E-state index contributed by atoms with van der Waals surface area (Å²) < 4.78 is 0. The van der Waals surface area contributed by atoms with Gasteiger partial charge in [0.05, 0.1) is 0 Å². The van der Waals surface area contributed by atoms with E-state index in [0.29, 0.717) is 5.92 Å². The number of hydrogen-bond acceptors (Lipinski definition) is 2. The minimum atomic E-state index is 0.233. The molecule has 1 aromatic heterocycles.